The zero-order valence-electron chi connectivity index (χ0n) is 11.4. The highest BCUT2D eigenvalue weighted by atomic mass is 32.1. The number of fused-ring (bicyclic) bond motifs is 1. The standard InChI is InChI=1S/C15H12N2O4S/c18-13-11-4-3-9(14(19)20)8-12(11)16-15(21)17(13)6-5-10-2-1-7-22-10/h1-4,7-8H,5-6H2,(H,16,21)(H,19,20). The van der Waals surface area contributed by atoms with E-state index in [4.69, 9.17) is 5.11 Å². The number of carboxylic acids is 1. The van der Waals surface area contributed by atoms with Gasteiger partial charge in [-0.15, -0.1) is 11.3 Å². The van der Waals surface area contributed by atoms with Crippen LogP contribution in [0.1, 0.15) is 15.2 Å². The molecule has 2 aromatic heterocycles. The minimum Gasteiger partial charge on any atom is -0.478 e. The van der Waals surface area contributed by atoms with Crippen LogP contribution in [0.5, 0.6) is 0 Å². The van der Waals surface area contributed by atoms with Gasteiger partial charge in [0.2, 0.25) is 0 Å². The summed E-state index contributed by atoms with van der Waals surface area (Å²) in [6, 6.07) is 7.95. The van der Waals surface area contributed by atoms with Crippen molar-refractivity contribution in [2.24, 2.45) is 0 Å². The van der Waals surface area contributed by atoms with Crippen molar-refractivity contribution in [3.8, 4) is 0 Å². The Labute approximate surface area is 128 Å². The van der Waals surface area contributed by atoms with Crippen LogP contribution in [0.25, 0.3) is 10.9 Å². The van der Waals surface area contributed by atoms with Crippen LogP contribution < -0.4 is 11.2 Å². The number of carbonyl (C=O) groups is 1. The highest BCUT2D eigenvalue weighted by molar-refractivity contribution is 7.09. The number of benzene rings is 1. The first-order chi connectivity index (χ1) is 10.6. The molecule has 0 amide bonds. The van der Waals surface area contributed by atoms with Crippen molar-refractivity contribution >= 4 is 28.2 Å². The molecule has 7 heteroatoms. The molecule has 6 nitrogen and oxygen atoms in total. The molecule has 22 heavy (non-hydrogen) atoms. The molecule has 0 saturated carbocycles. The van der Waals surface area contributed by atoms with Gasteiger partial charge in [-0.25, -0.2) is 9.59 Å². The van der Waals surface area contributed by atoms with Crippen LogP contribution in [0.4, 0.5) is 0 Å². The van der Waals surface area contributed by atoms with Crippen LogP contribution in [0.2, 0.25) is 0 Å². The fourth-order valence-electron chi connectivity index (χ4n) is 2.27. The first kappa shape index (κ1) is 14.3. The van der Waals surface area contributed by atoms with Crippen molar-refractivity contribution in [1.29, 1.82) is 0 Å². The maximum absolute atomic E-state index is 12.4. The lowest BCUT2D eigenvalue weighted by Gasteiger charge is -2.06. The summed E-state index contributed by atoms with van der Waals surface area (Å²) < 4.78 is 1.14. The Morgan fingerprint density at radius 1 is 1.27 bits per heavy atom. The molecule has 2 N–H and O–H groups in total. The lowest BCUT2D eigenvalue weighted by molar-refractivity contribution is 0.0697. The van der Waals surface area contributed by atoms with Gasteiger partial charge in [0.1, 0.15) is 0 Å². The second kappa shape index (κ2) is 5.61. The summed E-state index contributed by atoms with van der Waals surface area (Å²) in [7, 11) is 0. The smallest absolute Gasteiger partial charge is 0.335 e. The van der Waals surface area contributed by atoms with Crippen molar-refractivity contribution in [3.63, 3.8) is 0 Å². The van der Waals surface area contributed by atoms with E-state index in [1.165, 1.54) is 18.2 Å². The van der Waals surface area contributed by atoms with Crippen LogP contribution in [0, 0.1) is 0 Å². The molecule has 0 radical (unpaired) electrons. The van der Waals surface area contributed by atoms with E-state index in [2.05, 4.69) is 4.98 Å². The topological polar surface area (TPSA) is 92.2 Å². The van der Waals surface area contributed by atoms with Gasteiger partial charge in [0, 0.05) is 11.4 Å². The largest absolute Gasteiger partial charge is 0.478 e. The number of rotatable bonds is 4. The van der Waals surface area contributed by atoms with Crippen molar-refractivity contribution in [1.82, 2.24) is 9.55 Å². The molecule has 3 rings (SSSR count). The predicted molar refractivity (Wildman–Crippen MR) is 83.8 cm³/mol. The Morgan fingerprint density at radius 3 is 2.77 bits per heavy atom. The van der Waals surface area contributed by atoms with Crippen molar-refractivity contribution in [3.05, 3.63) is 67.0 Å². The van der Waals surface area contributed by atoms with E-state index in [1.54, 1.807) is 11.3 Å². The highest BCUT2D eigenvalue weighted by Crippen LogP contribution is 2.11. The number of nitrogens with zero attached hydrogens (tertiary/aromatic N) is 1. The van der Waals surface area contributed by atoms with Crippen LogP contribution >= 0.6 is 11.3 Å². The number of H-pyrrole nitrogens is 1. The Kier molecular flexibility index (Phi) is 3.64. The number of hydrogen-bond acceptors (Lipinski definition) is 4. The zero-order chi connectivity index (χ0) is 15.7. The minimum atomic E-state index is -1.11. The third-order valence-corrected chi connectivity index (χ3v) is 4.33. The Morgan fingerprint density at radius 2 is 2.09 bits per heavy atom. The molecule has 0 aliphatic carbocycles. The van der Waals surface area contributed by atoms with Gasteiger partial charge in [-0.1, -0.05) is 6.07 Å². The molecule has 0 aliphatic rings. The number of nitrogens with one attached hydrogen (secondary N) is 1. The van der Waals surface area contributed by atoms with Gasteiger partial charge in [-0.05, 0) is 36.1 Å². The van der Waals surface area contributed by atoms with Crippen LogP contribution in [0.3, 0.4) is 0 Å². The molecule has 1 aromatic carbocycles. The lowest BCUT2D eigenvalue weighted by Crippen LogP contribution is -2.35. The quantitative estimate of drug-likeness (QED) is 0.766. The van der Waals surface area contributed by atoms with E-state index < -0.39 is 17.2 Å². The van der Waals surface area contributed by atoms with Crippen molar-refractivity contribution < 1.29 is 9.90 Å². The maximum atomic E-state index is 12.4. The normalized spacial score (nSPS) is 10.9. The summed E-state index contributed by atoms with van der Waals surface area (Å²) in [5.41, 5.74) is -0.676. The number of aromatic carboxylic acids is 1. The maximum Gasteiger partial charge on any atom is 0.335 e. The summed E-state index contributed by atoms with van der Waals surface area (Å²) >= 11 is 1.57. The van der Waals surface area contributed by atoms with E-state index >= 15 is 0 Å². The zero-order valence-corrected chi connectivity index (χ0v) is 12.2. The third kappa shape index (κ3) is 2.58. The summed E-state index contributed by atoms with van der Waals surface area (Å²) in [5.74, 6) is -1.11. The van der Waals surface area contributed by atoms with Crippen molar-refractivity contribution in [2.45, 2.75) is 13.0 Å². The number of hydrogen-bond donors (Lipinski definition) is 2. The van der Waals surface area contributed by atoms with E-state index in [9.17, 15) is 14.4 Å². The van der Waals surface area contributed by atoms with E-state index in [0.29, 0.717) is 11.8 Å². The number of thiophene rings is 1. The number of aromatic amines is 1. The van der Waals surface area contributed by atoms with Crippen LogP contribution in [-0.4, -0.2) is 20.6 Å². The molecule has 112 valence electrons. The first-order valence-electron chi connectivity index (χ1n) is 6.59. The van der Waals surface area contributed by atoms with Gasteiger partial charge >= 0.3 is 11.7 Å². The molecule has 0 atom stereocenters. The van der Waals surface area contributed by atoms with Gasteiger partial charge in [-0.2, -0.15) is 0 Å². The van der Waals surface area contributed by atoms with E-state index in [1.807, 2.05) is 17.5 Å². The molecular weight excluding hydrogens is 304 g/mol. The number of carboxylic acid groups (broad SMARTS) is 1. The molecule has 0 fully saturated rings. The highest BCUT2D eigenvalue weighted by Gasteiger charge is 2.10. The van der Waals surface area contributed by atoms with Crippen molar-refractivity contribution in [2.75, 3.05) is 0 Å². The van der Waals surface area contributed by atoms with E-state index in [0.717, 1.165) is 9.44 Å². The molecule has 0 unspecified atom stereocenters. The Bertz CT molecular complexity index is 954. The van der Waals surface area contributed by atoms with Gasteiger partial charge < -0.3 is 10.1 Å². The monoisotopic (exact) mass is 316 g/mol. The molecule has 0 bridgehead atoms. The summed E-state index contributed by atoms with van der Waals surface area (Å²) in [5, 5.41) is 11.2. The molecule has 3 aromatic rings. The molecule has 0 spiro atoms. The van der Waals surface area contributed by atoms with E-state index in [-0.39, 0.29) is 17.6 Å². The fraction of sp³-hybridized carbons (Fsp3) is 0.133. The Hall–Kier alpha value is -2.67. The first-order valence-corrected chi connectivity index (χ1v) is 7.47. The SMILES string of the molecule is O=C(O)c1ccc2c(=O)n(CCc3cccs3)c(=O)[nH]c2c1. The molecule has 2 heterocycles. The summed E-state index contributed by atoms with van der Waals surface area (Å²) in [6.07, 6.45) is 0.597. The molecule has 0 saturated heterocycles. The van der Waals surface area contributed by atoms with Crippen LogP contribution in [0.15, 0.2) is 45.3 Å². The molecule has 0 aliphatic heterocycles. The van der Waals surface area contributed by atoms with Gasteiger partial charge in [0.05, 0.1) is 16.5 Å². The average Bonchev–Trinajstić information content (AvgIpc) is 2.99. The third-order valence-electron chi connectivity index (χ3n) is 3.39. The number of aryl methyl sites for hydroxylation is 1. The van der Waals surface area contributed by atoms with Gasteiger partial charge in [0.25, 0.3) is 5.56 Å². The summed E-state index contributed by atoms with van der Waals surface area (Å²) in [4.78, 5) is 39.1. The van der Waals surface area contributed by atoms with Gasteiger partial charge in [0.15, 0.2) is 0 Å². The lowest BCUT2D eigenvalue weighted by atomic mass is 10.1. The Balaban J connectivity index is 2.05. The van der Waals surface area contributed by atoms with Gasteiger partial charge in [-0.3, -0.25) is 9.36 Å². The minimum absolute atomic E-state index is 0.0267. The second-order valence-electron chi connectivity index (χ2n) is 4.78. The predicted octanol–water partition coefficient (Wildman–Crippen LogP) is 1.69. The summed E-state index contributed by atoms with van der Waals surface area (Å²) in [6.45, 7) is 0.283. The fourth-order valence-corrected chi connectivity index (χ4v) is 2.97. The number of aromatic nitrogens is 2. The van der Waals surface area contributed by atoms with Crippen LogP contribution in [-0.2, 0) is 13.0 Å². The second-order valence-corrected chi connectivity index (χ2v) is 5.81. The average molecular weight is 316 g/mol. The molecular formula is C15H12N2O4S.